The Morgan fingerprint density at radius 1 is 1.11 bits per heavy atom. The van der Waals surface area contributed by atoms with Crippen molar-refractivity contribution in [3.63, 3.8) is 0 Å². The number of nitrogens with one attached hydrogen (secondary N) is 2. The zero-order chi connectivity index (χ0) is 19.2. The van der Waals surface area contributed by atoms with Gasteiger partial charge in [0.15, 0.2) is 0 Å². The molecule has 0 saturated heterocycles. The Kier molecular flexibility index (Phi) is 5.28. The number of amides is 1. The van der Waals surface area contributed by atoms with Crippen molar-refractivity contribution >= 4 is 23.2 Å². The van der Waals surface area contributed by atoms with Gasteiger partial charge in [-0.05, 0) is 37.3 Å². The number of ether oxygens (including phenoxy) is 1. The van der Waals surface area contributed by atoms with Crippen molar-refractivity contribution in [1.29, 1.82) is 5.26 Å². The van der Waals surface area contributed by atoms with Gasteiger partial charge in [0.05, 0.1) is 18.4 Å². The van der Waals surface area contributed by atoms with Gasteiger partial charge >= 0.3 is 0 Å². The predicted molar refractivity (Wildman–Crippen MR) is 102 cm³/mol. The monoisotopic (exact) mass is 359 g/mol. The summed E-state index contributed by atoms with van der Waals surface area (Å²) in [6, 6.07) is 17.7. The summed E-state index contributed by atoms with van der Waals surface area (Å²) in [4.78, 5) is 21.2. The molecule has 2 aromatic carbocycles. The Hall–Kier alpha value is -3.92. The molecule has 0 aliphatic carbocycles. The average Bonchev–Trinajstić information content (AvgIpc) is 2.68. The number of hydrogen-bond acceptors (Lipinski definition) is 6. The number of anilines is 3. The molecule has 0 unspecified atom stereocenters. The number of aromatic nitrogens is 2. The molecule has 0 aliphatic rings. The van der Waals surface area contributed by atoms with E-state index in [1.807, 2.05) is 24.3 Å². The predicted octanol–water partition coefficient (Wildman–Crippen LogP) is 3.66. The van der Waals surface area contributed by atoms with E-state index in [1.165, 1.54) is 0 Å². The highest BCUT2D eigenvalue weighted by Crippen LogP contribution is 2.20. The fourth-order valence-electron chi connectivity index (χ4n) is 2.45. The van der Waals surface area contributed by atoms with Gasteiger partial charge in [-0.1, -0.05) is 18.2 Å². The van der Waals surface area contributed by atoms with E-state index in [1.54, 1.807) is 50.4 Å². The van der Waals surface area contributed by atoms with Gasteiger partial charge in [0.1, 0.15) is 17.5 Å². The molecule has 1 amide bonds. The van der Waals surface area contributed by atoms with Crippen LogP contribution in [0.25, 0.3) is 0 Å². The van der Waals surface area contributed by atoms with E-state index in [9.17, 15) is 4.79 Å². The summed E-state index contributed by atoms with van der Waals surface area (Å²) in [5, 5.41) is 14.9. The molecule has 1 aromatic heterocycles. The Morgan fingerprint density at radius 2 is 1.93 bits per heavy atom. The van der Waals surface area contributed by atoms with Gasteiger partial charge in [0.25, 0.3) is 5.91 Å². The Morgan fingerprint density at radius 3 is 2.70 bits per heavy atom. The second-order valence-electron chi connectivity index (χ2n) is 5.69. The van der Waals surface area contributed by atoms with Crippen molar-refractivity contribution < 1.29 is 9.53 Å². The van der Waals surface area contributed by atoms with Crippen LogP contribution in [0.5, 0.6) is 5.75 Å². The maximum Gasteiger partial charge on any atom is 0.274 e. The zero-order valence-corrected chi connectivity index (χ0v) is 14.9. The summed E-state index contributed by atoms with van der Waals surface area (Å²) in [7, 11) is 1.59. The van der Waals surface area contributed by atoms with Crippen LogP contribution in [0.2, 0.25) is 0 Å². The molecule has 0 aliphatic heterocycles. The fourth-order valence-corrected chi connectivity index (χ4v) is 2.45. The fraction of sp³-hybridized carbons (Fsp3) is 0.100. The molecule has 134 valence electrons. The largest absolute Gasteiger partial charge is 0.497 e. The number of nitrogens with zero attached hydrogens (tertiary/aromatic N) is 3. The van der Waals surface area contributed by atoms with Gasteiger partial charge in [0.2, 0.25) is 5.95 Å². The van der Waals surface area contributed by atoms with Crippen LogP contribution >= 0.6 is 0 Å². The third-order valence-corrected chi connectivity index (χ3v) is 3.71. The molecule has 1 heterocycles. The number of benzene rings is 2. The molecule has 0 saturated carbocycles. The van der Waals surface area contributed by atoms with Gasteiger partial charge in [-0.15, -0.1) is 0 Å². The van der Waals surface area contributed by atoms with Crippen LogP contribution in [0.3, 0.4) is 0 Å². The molecule has 3 aromatic rings. The summed E-state index contributed by atoms with van der Waals surface area (Å²) in [5.74, 6) is 0.567. The van der Waals surface area contributed by atoms with Gasteiger partial charge in [-0.2, -0.15) is 5.26 Å². The smallest absolute Gasteiger partial charge is 0.274 e. The van der Waals surface area contributed by atoms with Crippen LogP contribution < -0.4 is 15.4 Å². The first-order valence-corrected chi connectivity index (χ1v) is 8.16. The lowest BCUT2D eigenvalue weighted by molar-refractivity contribution is 0.102. The Labute approximate surface area is 156 Å². The molecule has 7 nitrogen and oxygen atoms in total. The average molecular weight is 359 g/mol. The lowest BCUT2D eigenvalue weighted by atomic mass is 10.2. The molecule has 3 rings (SSSR count). The second kappa shape index (κ2) is 7.97. The first-order chi connectivity index (χ1) is 13.1. The number of hydrogen-bond donors (Lipinski definition) is 2. The number of nitriles is 1. The molecule has 2 N–H and O–H groups in total. The van der Waals surface area contributed by atoms with E-state index in [2.05, 4.69) is 20.6 Å². The van der Waals surface area contributed by atoms with Crippen LogP contribution in [0.1, 0.15) is 21.7 Å². The van der Waals surface area contributed by atoms with Crippen LogP contribution in [0.15, 0.2) is 54.6 Å². The number of carbonyl (C=O) groups excluding carboxylic acids is 1. The minimum atomic E-state index is -0.420. The minimum absolute atomic E-state index is 0.195. The molecule has 0 bridgehead atoms. The number of carbonyl (C=O) groups is 1. The highest BCUT2D eigenvalue weighted by molar-refractivity contribution is 6.03. The number of para-hydroxylation sites is 1. The summed E-state index contributed by atoms with van der Waals surface area (Å²) >= 11 is 0. The Bertz CT molecular complexity index is 1030. The van der Waals surface area contributed by atoms with Gasteiger partial charge < -0.3 is 15.4 Å². The van der Waals surface area contributed by atoms with E-state index in [0.29, 0.717) is 28.6 Å². The molecule has 0 atom stereocenters. The van der Waals surface area contributed by atoms with Crippen molar-refractivity contribution in [2.75, 3.05) is 17.7 Å². The number of aryl methyl sites for hydroxylation is 1. The highest BCUT2D eigenvalue weighted by Gasteiger charge is 2.13. The summed E-state index contributed by atoms with van der Waals surface area (Å²) in [6.07, 6.45) is 0. The van der Waals surface area contributed by atoms with E-state index in [0.717, 1.165) is 5.69 Å². The van der Waals surface area contributed by atoms with Crippen molar-refractivity contribution in [3.05, 3.63) is 71.5 Å². The zero-order valence-electron chi connectivity index (χ0n) is 14.9. The first kappa shape index (κ1) is 17.9. The van der Waals surface area contributed by atoms with Gasteiger partial charge in [-0.25, -0.2) is 9.97 Å². The van der Waals surface area contributed by atoms with Crippen molar-refractivity contribution in [2.24, 2.45) is 0 Å². The van der Waals surface area contributed by atoms with Crippen LogP contribution in [0.4, 0.5) is 17.3 Å². The summed E-state index contributed by atoms with van der Waals surface area (Å²) in [5.41, 5.74) is 2.38. The third kappa shape index (κ3) is 4.38. The van der Waals surface area contributed by atoms with E-state index >= 15 is 0 Å². The quantitative estimate of drug-likeness (QED) is 0.721. The molecule has 0 radical (unpaired) electrons. The second-order valence-corrected chi connectivity index (χ2v) is 5.69. The highest BCUT2D eigenvalue weighted by atomic mass is 16.5. The molecule has 27 heavy (non-hydrogen) atoms. The first-order valence-electron chi connectivity index (χ1n) is 8.16. The van der Waals surface area contributed by atoms with E-state index < -0.39 is 5.91 Å². The van der Waals surface area contributed by atoms with Crippen LogP contribution in [0, 0.1) is 18.3 Å². The lowest BCUT2D eigenvalue weighted by Gasteiger charge is -2.10. The third-order valence-electron chi connectivity index (χ3n) is 3.71. The molecular weight excluding hydrogens is 342 g/mol. The molecule has 7 heteroatoms. The van der Waals surface area contributed by atoms with Gasteiger partial charge in [0, 0.05) is 17.4 Å². The number of rotatable bonds is 5. The van der Waals surface area contributed by atoms with Crippen molar-refractivity contribution in [2.45, 2.75) is 6.92 Å². The van der Waals surface area contributed by atoms with Crippen LogP contribution in [-0.4, -0.2) is 23.0 Å². The van der Waals surface area contributed by atoms with Crippen molar-refractivity contribution in [3.8, 4) is 11.8 Å². The van der Waals surface area contributed by atoms with E-state index in [4.69, 9.17) is 10.00 Å². The molecule has 0 spiro atoms. The Balaban J connectivity index is 1.84. The minimum Gasteiger partial charge on any atom is -0.497 e. The normalized spacial score (nSPS) is 9.96. The molecular formula is C20H17N5O2. The lowest BCUT2D eigenvalue weighted by Crippen LogP contribution is -2.16. The summed E-state index contributed by atoms with van der Waals surface area (Å²) < 4.78 is 5.20. The van der Waals surface area contributed by atoms with Crippen molar-refractivity contribution in [1.82, 2.24) is 9.97 Å². The number of methoxy groups -OCH3 is 1. The van der Waals surface area contributed by atoms with Crippen LogP contribution in [-0.2, 0) is 0 Å². The standard InChI is InChI=1S/C20H17N5O2/c1-13-10-18(19(26)24-17-9-4-3-6-14(17)12-21)25-20(22-13)23-15-7-5-8-16(11-15)27-2/h3-11H,1-2H3,(H,24,26)(H,22,23,25). The van der Waals surface area contributed by atoms with Gasteiger partial charge in [-0.3, -0.25) is 4.79 Å². The topological polar surface area (TPSA) is 99.9 Å². The van der Waals surface area contributed by atoms with E-state index in [-0.39, 0.29) is 5.69 Å². The maximum absolute atomic E-state index is 12.6. The molecule has 0 fully saturated rings. The summed E-state index contributed by atoms with van der Waals surface area (Å²) in [6.45, 7) is 1.78. The SMILES string of the molecule is COc1cccc(Nc2nc(C)cc(C(=O)Nc3ccccc3C#N)n2)c1. The maximum atomic E-state index is 12.6.